The molecule has 0 aromatic heterocycles. The van der Waals surface area contributed by atoms with Gasteiger partial charge in [0.1, 0.15) is 0 Å². The minimum Gasteiger partial charge on any atom is -0.479 e. The van der Waals surface area contributed by atoms with Gasteiger partial charge in [-0.05, 0) is 28.4 Å². The molecule has 0 radical (unpaired) electrons. The SMILES string of the molecule is Cc1ccc(C(O)C(=O)O)c(Br)c1Cl. The van der Waals surface area contributed by atoms with Crippen LogP contribution in [-0.2, 0) is 4.79 Å². The second-order valence-corrected chi connectivity index (χ2v) is 4.01. The Morgan fingerprint density at radius 2 is 2.14 bits per heavy atom. The average molecular weight is 280 g/mol. The molecular formula is C9H8BrClO3. The molecule has 0 aliphatic carbocycles. The van der Waals surface area contributed by atoms with Gasteiger partial charge in [0.15, 0.2) is 6.10 Å². The Bertz CT molecular complexity index is 379. The third-order valence-corrected chi connectivity index (χ3v) is 3.40. The fourth-order valence-corrected chi connectivity index (χ4v) is 1.84. The van der Waals surface area contributed by atoms with Gasteiger partial charge in [-0.1, -0.05) is 23.7 Å². The van der Waals surface area contributed by atoms with E-state index in [0.717, 1.165) is 5.56 Å². The van der Waals surface area contributed by atoms with Gasteiger partial charge in [-0.25, -0.2) is 4.79 Å². The van der Waals surface area contributed by atoms with Gasteiger partial charge in [-0.2, -0.15) is 0 Å². The number of carboxylic acid groups (broad SMARTS) is 1. The maximum atomic E-state index is 10.5. The Balaban J connectivity index is 3.24. The highest BCUT2D eigenvalue weighted by Gasteiger charge is 2.20. The number of hydrogen-bond donors (Lipinski definition) is 2. The van der Waals surface area contributed by atoms with Gasteiger partial charge >= 0.3 is 5.97 Å². The first-order valence-electron chi connectivity index (χ1n) is 3.80. The minimum atomic E-state index is -1.55. The number of aliphatic hydroxyl groups is 1. The number of hydrogen-bond acceptors (Lipinski definition) is 2. The van der Waals surface area contributed by atoms with Crippen molar-refractivity contribution in [3.05, 3.63) is 32.8 Å². The maximum Gasteiger partial charge on any atom is 0.337 e. The standard InChI is InChI=1S/C9H8BrClO3/c1-4-2-3-5(6(10)7(4)11)8(12)9(13)14/h2-3,8,12H,1H3,(H,13,14). The lowest BCUT2D eigenvalue weighted by molar-refractivity contribution is -0.147. The number of aryl methyl sites for hydroxylation is 1. The number of aliphatic hydroxyl groups excluding tert-OH is 1. The molecule has 1 aromatic rings. The molecule has 14 heavy (non-hydrogen) atoms. The van der Waals surface area contributed by atoms with Crippen LogP contribution in [0.4, 0.5) is 0 Å². The van der Waals surface area contributed by atoms with Crippen LogP contribution in [0.25, 0.3) is 0 Å². The van der Waals surface area contributed by atoms with E-state index >= 15 is 0 Å². The first-order valence-corrected chi connectivity index (χ1v) is 4.97. The van der Waals surface area contributed by atoms with Gasteiger partial charge in [0, 0.05) is 10.0 Å². The van der Waals surface area contributed by atoms with Crippen LogP contribution in [-0.4, -0.2) is 16.2 Å². The summed E-state index contributed by atoms with van der Waals surface area (Å²) in [7, 11) is 0. The molecule has 0 bridgehead atoms. The highest BCUT2D eigenvalue weighted by molar-refractivity contribution is 9.10. The molecule has 0 saturated heterocycles. The molecule has 1 unspecified atom stereocenters. The van der Waals surface area contributed by atoms with Crippen LogP contribution in [0.5, 0.6) is 0 Å². The van der Waals surface area contributed by atoms with E-state index in [1.807, 2.05) is 0 Å². The Morgan fingerprint density at radius 3 is 2.64 bits per heavy atom. The highest BCUT2D eigenvalue weighted by Crippen LogP contribution is 2.32. The van der Waals surface area contributed by atoms with E-state index in [2.05, 4.69) is 15.9 Å². The van der Waals surface area contributed by atoms with E-state index in [9.17, 15) is 9.90 Å². The Morgan fingerprint density at radius 1 is 1.57 bits per heavy atom. The van der Waals surface area contributed by atoms with Crippen LogP contribution in [0.1, 0.15) is 17.2 Å². The lowest BCUT2D eigenvalue weighted by Crippen LogP contribution is -2.11. The molecule has 1 atom stereocenters. The third kappa shape index (κ3) is 2.08. The summed E-state index contributed by atoms with van der Waals surface area (Å²) in [5.41, 5.74) is 1.08. The van der Waals surface area contributed by atoms with Gasteiger partial charge in [-0.3, -0.25) is 0 Å². The quantitative estimate of drug-likeness (QED) is 0.874. The number of carboxylic acids is 1. The average Bonchev–Trinajstić information content (AvgIpc) is 2.13. The van der Waals surface area contributed by atoms with Gasteiger partial charge in [0.05, 0.1) is 5.02 Å². The lowest BCUT2D eigenvalue weighted by atomic mass is 10.1. The van der Waals surface area contributed by atoms with Crippen molar-refractivity contribution in [3.63, 3.8) is 0 Å². The zero-order valence-electron chi connectivity index (χ0n) is 7.29. The van der Waals surface area contributed by atoms with Crippen molar-refractivity contribution < 1.29 is 15.0 Å². The molecule has 0 aliphatic heterocycles. The first kappa shape index (κ1) is 11.5. The van der Waals surface area contributed by atoms with Crippen LogP contribution < -0.4 is 0 Å². The van der Waals surface area contributed by atoms with Gasteiger partial charge in [0.25, 0.3) is 0 Å². The number of rotatable bonds is 2. The number of benzene rings is 1. The van der Waals surface area contributed by atoms with E-state index in [1.54, 1.807) is 13.0 Å². The summed E-state index contributed by atoms with van der Waals surface area (Å²) in [4.78, 5) is 10.5. The van der Waals surface area contributed by atoms with Crippen molar-refractivity contribution in [1.29, 1.82) is 0 Å². The molecule has 3 nitrogen and oxygen atoms in total. The van der Waals surface area contributed by atoms with Gasteiger partial charge in [0.2, 0.25) is 0 Å². The van der Waals surface area contributed by atoms with Crippen LogP contribution in [0.2, 0.25) is 5.02 Å². The summed E-state index contributed by atoms with van der Waals surface area (Å²) in [5, 5.41) is 18.3. The monoisotopic (exact) mass is 278 g/mol. The fourth-order valence-electron chi connectivity index (χ4n) is 1.01. The third-order valence-electron chi connectivity index (χ3n) is 1.83. The van der Waals surface area contributed by atoms with E-state index in [4.69, 9.17) is 16.7 Å². The Kier molecular flexibility index (Phi) is 3.53. The van der Waals surface area contributed by atoms with Gasteiger partial charge < -0.3 is 10.2 Å². The summed E-state index contributed by atoms with van der Waals surface area (Å²) >= 11 is 9.03. The number of aliphatic carboxylic acids is 1. The summed E-state index contributed by atoms with van der Waals surface area (Å²) in [5.74, 6) is -1.30. The minimum absolute atomic E-state index is 0.258. The van der Waals surface area contributed by atoms with E-state index in [1.165, 1.54) is 6.07 Å². The van der Waals surface area contributed by atoms with Crippen molar-refractivity contribution >= 4 is 33.5 Å². The van der Waals surface area contributed by atoms with Crippen LogP contribution in [0.15, 0.2) is 16.6 Å². The molecule has 5 heteroatoms. The molecule has 1 aromatic carbocycles. The van der Waals surface area contributed by atoms with Crippen molar-refractivity contribution in [3.8, 4) is 0 Å². The molecule has 0 fully saturated rings. The van der Waals surface area contributed by atoms with Crippen molar-refractivity contribution in [2.24, 2.45) is 0 Å². The molecule has 0 heterocycles. The maximum absolute atomic E-state index is 10.5. The van der Waals surface area contributed by atoms with E-state index < -0.39 is 12.1 Å². The normalized spacial score (nSPS) is 12.6. The largest absolute Gasteiger partial charge is 0.479 e. The summed E-state index contributed by atoms with van der Waals surface area (Å²) in [6, 6.07) is 3.19. The van der Waals surface area contributed by atoms with E-state index in [-0.39, 0.29) is 5.56 Å². The Hall–Kier alpha value is -0.580. The molecular weight excluding hydrogens is 271 g/mol. The predicted octanol–water partition coefficient (Wildman–Crippen LogP) is 2.53. The topological polar surface area (TPSA) is 57.5 Å². The van der Waals surface area contributed by atoms with Crippen molar-refractivity contribution in [2.75, 3.05) is 0 Å². The highest BCUT2D eigenvalue weighted by atomic mass is 79.9. The van der Waals surface area contributed by atoms with Crippen LogP contribution in [0, 0.1) is 6.92 Å². The number of halogens is 2. The number of carbonyl (C=O) groups is 1. The summed E-state index contributed by atoms with van der Waals surface area (Å²) in [6.45, 7) is 1.80. The predicted molar refractivity (Wildman–Crippen MR) is 56.5 cm³/mol. The molecule has 0 spiro atoms. The zero-order valence-corrected chi connectivity index (χ0v) is 9.63. The van der Waals surface area contributed by atoms with Gasteiger partial charge in [-0.15, -0.1) is 0 Å². The molecule has 1 rings (SSSR count). The smallest absolute Gasteiger partial charge is 0.337 e. The first-order chi connectivity index (χ1) is 6.45. The van der Waals surface area contributed by atoms with Crippen molar-refractivity contribution in [1.82, 2.24) is 0 Å². The molecule has 2 N–H and O–H groups in total. The van der Waals surface area contributed by atoms with Crippen LogP contribution in [0.3, 0.4) is 0 Å². The summed E-state index contributed by atoms with van der Waals surface area (Å²) < 4.78 is 0.425. The Labute approximate surface area is 94.4 Å². The summed E-state index contributed by atoms with van der Waals surface area (Å²) in [6.07, 6.45) is -1.55. The van der Waals surface area contributed by atoms with Crippen LogP contribution >= 0.6 is 27.5 Å². The molecule has 0 aliphatic rings. The zero-order chi connectivity index (χ0) is 10.9. The molecule has 0 amide bonds. The second kappa shape index (κ2) is 4.29. The molecule has 0 saturated carbocycles. The molecule has 76 valence electrons. The van der Waals surface area contributed by atoms with E-state index in [0.29, 0.717) is 9.50 Å². The van der Waals surface area contributed by atoms with Crippen molar-refractivity contribution in [2.45, 2.75) is 13.0 Å². The fraction of sp³-hybridized carbons (Fsp3) is 0.222. The second-order valence-electron chi connectivity index (χ2n) is 2.84. The lowest BCUT2D eigenvalue weighted by Gasteiger charge is -2.10.